The van der Waals surface area contributed by atoms with Gasteiger partial charge in [-0.1, -0.05) is 54.2 Å². The summed E-state index contributed by atoms with van der Waals surface area (Å²) in [6, 6.07) is 16.4. The van der Waals surface area contributed by atoms with E-state index in [1.165, 1.54) is 0 Å². The number of benzene rings is 2. The van der Waals surface area contributed by atoms with Crippen molar-refractivity contribution in [1.82, 2.24) is 9.88 Å². The molecule has 0 aliphatic rings. The van der Waals surface area contributed by atoms with Crippen molar-refractivity contribution in [3.8, 4) is 11.5 Å². The number of hydrogen-bond acceptors (Lipinski definition) is 5. The molecular weight excluding hydrogens is 499 g/mol. The van der Waals surface area contributed by atoms with E-state index in [1.54, 1.807) is 43.5 Å². The van der Waals surface area contributed by atoms with E-state index in [0.29, 0.717) is 40.3 Å². The number of rotatable bonds is 13. The van der Waals surface area contributed by atoms with Crippen molar-refractivity contribution in [3.63, 3.8) is 0 Å². The van der Waals surface area contributed by atoms with Crippen molar-refractivity contribution in [2.75, 3.05) is 37.9 Å². The molecule has 0 atom stereocenters. The number of pyridine rings is 1. The minimum absolute atomic E-state index is 0.245. The number of carbonyl (C=O) groups excluding carboxylic acids is 1. The monoisotopic (exact) mass is 530 g/mol. The largest absolute Gasteiger partial charge is 0.493 e. The van der Waals surface area contributed by atoms with Crippen LogP contribution < -0.4 is 20.1 Å². The first-order valence-electron chi connectivity index (χ1n) is 11.9. The second kappa shape index (κ2) is 14.4. The molecule has 0 bridgehead atoms. The highest BCUT2D eigenvalue weighted by Gasteiger charge is 2.17. The summed E-state index contributed by atoms with van der Waals surface area (Å²) in [5.74, 6) is 2.14. The van der Waals surface area contributed by atoms with Crippen LogP contribution in [-0.2, 0) is 6.54 Å². The quantitative estimate of drug-likeness (QED) is 0.230. The molecule has 36 heavy (non-hydrogen) atoms. The summed E-state index contributed by atoms with van der Waals surface area (Å²) in [4.78, 5) is 19.3. The molecule has 192 valence electrons. The lowest BCUT2D eigenvalue weighted by Crippen LogP contribution is -2.35. The van der Waals surface area contributed by atoms with Crippen LogP contribution in [0.1, 0.15) is 31.2 Å². The normalized spacial score (nSPS) is 10.6. The highest BCUT2D eigenvalue weighted by atomic mass is 35.5. The van der Waals surface area contributed by atoms with Gasteiger partial charge in [0.1, 0.15) is 5.82 Å². The Hall–Kier alpha value is -3.16. The second-order valence-corrected chi connectivity index (χ2v) is 8.98. The van der Waals surface area contributed by atoms with Crippen molar-refractivity contribution >= 4 is 40.7 Å². The Morgan fingerprint density at radius 3 is 2.50 bits per heavy atom. The number of methoxy groups -OCH3 is 2. The number of urea groups is 1. The Bertz CT molecular complexity index is 1120. The maximum Gasteiger partial charge on any atom is 0.322 e. The lowest BCUT2D eigenvalue weighted by atomic mass is 10.1. The summed E-state index contributed by atoms with van der Waals surface area (Å²) >= 11 is 12.4. The first-order chi connectivity index (χ1) is 17.5. The summed E-state index contributed by atoms with van der Waals surface area (Å²) in [6.07, 6.45) is 5.71. The Labute approximate surface area is 222 Å². The molecule has 7 nitrogen and oxygen atoms in total. The van der Waals surface area contributed by atoms with Crippen molar-refractivity contribution in [2.24, 2.45) is 0 Å². The number of nitrogens with zero attached hydrogens (tertiary/aromatic N) is 2. The Balaban J connectivity index is 1.58. The molecule has 0 spiro atoms. The average Bonchev–Trinajstić information content (AvgIpc) is 2.90. The number of nitrogens with one attached hydrogen (secondary N) is 2. The van der Waals surface area contributed by atoms with Crippen LogP contribution in [0.25, 0.3) is 0 Å². The fraction of sp³-hybridized carbons (Fsp3) is 0.333. The zero-order valence-electron chi connectivity index (χ0n) is 20.6. The van der Waals surface area contributed by atoms with E-state index in [1.807, 2.05) is 36.4 Å². The van der Waals surface area contributed by atoms with Crippen LogP contribution in [0.4, 0.5) is 16.3 Å². The molecule has 9 heteroatoms. The molecule has 2 aromatic carbocycles. The van der Waals surface area contributed by atoms with Crippen LogP contribution in [-0.4, -0.2) is 43.2 Å². The Kier molecular flexibility index (Phi) is 11.0. The number of amides is 2. The first kappa shape index (κ1) is 27.4. The van der Waals surface area contributed by atoms with E-state index in [9.17, 15) is 4.79 Å². The van der Waals surface area contributed by atoms with Gasteiger partial charge in [-0.3, -0.25) is 0 Å². The molecule has 0 unspecified atom stereocenters. The lowest BCUT2D eigenvalue weighted by molar-refractivity contribution is 0.207. The van der Waals surface area contributed by atoms with Gasteiger partial charge in [-0.15, -0.1) is 0 Å². The fourth-order valence-corrected chi connectivity index (χ4v) is 4.06. The van der Waals surface area contributed by atoms with Gasteiger partial charge in [0.25, 0.3) is 0 Å². The number of aromatic nitrogens is 1. The van der Waals surface area contributed by atoms with E-state index in [0.717, 1.165) is 43.6 Å². The molecule has 0 fully saturated rings. The molecule has 0 saturated carbocycles. The molecule has 0 saturated heterocycles. The average molecular weight is 531 g/mol. The molecule has 2 N–H and O–H groups in total. The zero-order chi connectivity index (χ0) is 25.8. The smallest absolute Gasteiger partial charge is 0.322 e. The highest BCUT2D eigenvalue weighted by molar-refractivity contribution is 6.43. The van der Waals surface area contributed by atoms with Gasteiger partial charge in [0.15, 0.2) is 11.5 Å². The van der Waals surface area contributed by atoms with Gasteiger partial charge in [-0.25, -0.2) is 9.78 Å². The minimum atomic E-state index is -0.245. The SMILES string of the molecule is COc1ccc(CN(CCCCCCNc2ccccn2)C(=O)Nc2cccc(Cl)c2Cl)cc1OC. The van der Waals surface area contributed by atoms with Crippen LogP contribution in [0.2, 0.25) is 10.0 Å². The van der Waals surface area contributed by atoms with E-state index < -0.39 is 0 Å². The summed E-state index contributed by atoms with van der Waals surface area (Å²) in [5, 5.41) is 6.93. The number of ether oxygens (including phenoxy) is 2. The van der Waals surface area contributed by atoms with Crippen molar-refractivity contribution < 1.29 is 14.3 Å². The van der Waals surface area contributed by atoms with Crippen LogP contribution in [0, 0.1) is 0 Å². The van der Waals surface area contributed by atoms with Gasteiger partial charge in [-0.2, -0.15) is 0 Å². The van der Waals surface area contributed by atoms with Crippen LogP contribution in [0.5, 0.6) is 11.5 Å². The second-order valence-electron chi connectivity index (χ2n) is 8.20. The molecule has 0 aliphatic carbocycles. The molecule has 1 aromatic heterocycles. The lowest BCUT2D eigenvalue weighted by Gasteiger charge is -2.24. The zero-order valence-corrected chi connectivity index (χ0v) is 22.1. The third-order valence-electron chi connectivity index (χ3n) is 5.63. The molecule has 1 heterocycles. The topological polar surface area (TPSA) is 75.7 Å². The molecular formula is C27H32Cl2N4O3. The van der Waals surface area contributed by atoms with Crippen molar-refractivity contribution in [3.05, 3.63) is 76.4 Å². The maximum absolute atomic E-state index is 13.2. The van der Waals surface area contributed by atoms with Crippen LogP contribution in [0.15, 0.2) is 60.8 Å². The summed E-state index contributed by atoms with van der Waals surface area (Å²) in [7, 11) is 3.19. The fourth-order valence-electron chi connectivity index (χ4n) is 3.71. The maximum atomic E-state index is 13.2. The minimum Gasteiger partial charge on any atom is -0.493 e. The number of carbonyl (C=O) groups is 1. The van der Waals surface area contributed by atoms with Crippen LogP contribution >= 0.6 is 23.2 Å². The van der Waals surface area contributed by atoms with Gasteiger partial charge in [0.2, 0.25) is 0 Å². The molecule has 0 radical (unpaired) electrons. The highest BCUT2D eigenvalue weighted by Crippen LogP contribution is 2.31. The number of hydrogen-bond donors (Lipinski definition) is 2. The Morgan fingerprint density at radius 2 is 1.75 bits per heavy atom. The summed E-state index contributed by atoms with van der Waals surface area (Å²) in [5.41, 5.74) is 1.41. The molecule has 3 aromatic rings. The molecule has 0 aliphatic heterocycles. The first-order valence-corrected chi connectivity index (χ1v) is 12.6. The van der Waals surface area contributed by atoms with Gasteiger partial charge >= 0.3 is 6.03 Å². The van der Waals surface area contributed by atoms with E-state index in [2.05, 4.69) is 15.6 Å². The van der Waals surface area contributed by atoms with E-state index in [4.69, 9.17) is 32.7 Å². The predicted molar refractivity (Wildman–Crippen MR) is 147 cm³/mol. The number of anilines is 2. The van der Waals surface area contributed by atoms with Gasteiger partial charge < -0.3 is 25.0 Å². The van der Waals surface area contributed by atoms with Crippen LogP contribution in [0.3, 0.4) is 0 Å². The summed E-state index contributed by atoms with van der Waals surface area (Å²) < 4.78 is 10.8. The number of unbranched alkanes of at least 4 members (excludes halogenated alkanes) is 3. The van der Waals surface area contributed by atoms with Crippen molar-refractivity contribution in [1.29, 1.82) is 0 Å². The standard InChI is InChI=1S/C27H32Cl2N4O3/c1-35-23-14-13-20(18-24(23)36-2)19-33(27(34)32-22-11-9-10-21(28)26(22)29)17-8-4-3-6-15-30-25-12-5-7-16-31-25/h5,7,9-14,16,18H,3-4,6,8,15,17,19H2,1-2H3,(H,30,31)(H,32,34). The van der Waals surface area contributed by atoms with Gasteiger partial charge in [-0.05, 0) is 54.8 Å². The number of halogens is 2. The Morgan fingerprint density at radius 1 is 0.944 bits per heavy atom. The van der Waals surface area contributed by atoms with Gasteiger partial charge in [0.05, 0.1) is 30.0 Å². The van der Waals surface area contributed by atoms with E-state index >= 15 is 0 Å². The van der Waals surface area contributed by atoms with Crippen molar-refractivity contribution in [2.45, 2.75) is 32.2 Å². The summed E-state index contributed by atoms with van der Waals surface area (Å²) in [6.45, 7) is 1.86. The van der Waals surface area contributed by atoms with Gasteiger partial charge in [0, 0.05) is 25.8 Å². The van der Waals surface area contributed by atoms with E-state index in [-0.39, 0.29) is 6.03 Å². The predicted octanol–water partition coefficient (Wildman–Crippen LogP) is 7.11. The third kappa shape index (κ3) is 8.21. The third-order valence-corrected chi connectivity index (χ3v) is 6.45. The molecule has 2 amide bonds. The molecule has 3 rings (SSSR count).